The van der Waals surface area contributed by atoms with Crippen LogP contribution >= 0.6 is 46.4 Å². The highest BCUT2D eigenvalue weighted by Gasteiger charge is 2.18. The molecule has 0 fully saturated rings. The highest BCUT2D eigenvalue weighted by Crippen LogP contribution is 2.30. The van der Waals surface area contributed by atoms with Crippen molar-refractivity contribution in [3.8, 4) is 0 Å². The Morgan fingerprint density at radius 3 is 2.33 bits per heavy atom. The van der Waals surface area contributed by atoms with Gasteiger partial charge in [-0.1, -0.05) is 41.3 Å². The van der Waals surface area contributed by atoms with Crippen LogP contribution in [0.25, 0.3) is 0 Å². The lowest BCUT2D eigenvalue weighted by molar-refractivity contribution is 0.102. The molecule has 4 rings (SSSR count). The first-order valence-electron chi connectivity index (χ1n) is 6.67. The number of thioether (sulfide) groups is 1. The number of aromatic nitrogens is 2. The van der Waals surface area contributed by atoms with Crippen molar-refractivity contribution in [2.24, 2.45) is 7.05 Å². The fourth-order valence-corrected chi connectivity index (χ4v) is 4.02. The zero-order chi connectivity index (χ0) is 17.5. The summed E-state index contributed by atoms with van der Waals surface area (Å²) >= 11 is 9.63. The number of carbonyl (C=O) groups excluding carboxylic acids is 1. The minimum absolute atomic E-state index is 0.0139. The molecular weight excluding hydrogens is 388 g/mol. The molecule has 24 heavy (non-hydrogen) atoms. The number of hydrogen-bond acceptors (Lipinski definition) is 6. The van der Waals surface area contributed by atoms with Crippen molar-refractivity contribution in [3.05, 3.63) is 72.4 Å². The molecule has 126 valence electrons. The third kappa shape index (κ3) is 5.48. The lowest BCUT2D eigenvalue weighted by Gasteiger charge is -1.90. The second-order valence-electron chi connectivity index (χ2n) is 4.47. The van der Waals surface area contributed by atoms with Crippen molar-refractivity contribution in [2.75, 3.05) is 5.75 Å². The molecule has 0 atom stereocenters. The van der Waals surface area contributed by atoms with Gasteiger partial charge < -0.3 is 0 Å². The maximum absolute atomic E-state index is 11.0. The van der Waals surface area contributed by atoms with E-state index in [1.807, 2.05) is 24.3 Å². The quantitative estimate of drug-likeness (QED) is 0.626. The second-order valence-corrected chi connectivity index (χ2v) is 8.00. The van der Waals surface area contributed by atoms with E-state index in [9.17, 15) is 14.4 Å². The van der Waals surface area contributed by atoms with Gasteiger partial charge in [0.1, 0.15) is 4.34 Å². The largest absolute Gasteiger partial charge is 0.293 e. The van der Waals surface area contributed by atoms with E-state index in [2.05, 4.69) is 4.37 Å². The van der Waals surface area contributed by atoms with E-state index in [0.29, 0.717) is 10.1 Å². The molecule has 0 radical (unpaired) electrons. The van der Waals surface area contributed by atoms with E-state index in [4.69, 9.17) is 11.6 Å². The third-order valence-corrected chi connectivity index (χ3v) is 5.49. The molecule has 0 aliphatic carbocycles. The Hall–Kier alpha value is -1.61. The van der Waals surface area contributed by atoms with Gasteiger partial charge in [-0.15, -0.1) is 11.8 Å². The molecule has 0 spiro atoms. The van der Waals surface area contributed by atoms with E-state index in [0.717, 1.165) is 10.5 Å². The highest BCUT2D eigenvalue weighted by molar-refractivity contribution is 8.00. The number of aryl methyl sites for hydroxylation is 1. The molecule has 2 aromatic heterocycles. The number of Topliss-reactive ketones (excluding diaryl/α,β-unsaturated/α-hetero) is 1. The van der Waals surface area contributed by atoms with Crippen molar-refractivity contribution in [1.82, 2.24) is 8.33 Å². The smallest absolute Gasteiger partial charge is 0.261 e. The molecule has 9 heteroatoms. The first-order valence-corrected chi connectivity index (χ1v) is 9.69. The average Bonchev–Trinajstić information content (AvgIpc) is 3.25. The summed E-state index contributed by atoms with van der Waals surface area (Å²) in [4.78, 5) is 32.7. The molecule has 0 unspecified atom stereocenters. The van der Waals surface area contributed by atoms with Gasteiger partial charge in [0.15, 0.2) is 5.78 Å². The first kappa shape index (κ1) is 18.7. The average molecular weight is 401 g/mol. The number of rotatable bonds is 0. The molecule has 5 nitrogen and oxygen atoms in total. The summed E-state index contributed by atoms with van der Waals surface area (Å²) in [7, 11) is 1.68. The number of nitrogens with zero attached hydrogens (tertiary/aromatic N) is 1. The molecule has 3 aromatic rings. The minimum atomic E-state index is -0.0417. The fourth-order valence-electron chi connectivity index (χ4n) is 1.66. The van der Waals surface area contributed by atoms with Crippen LogP contribution in [0.3, 0.4) is 0 Å². The monoisotopic (exact) mass is 400 g/mol. The number of fused-ring (bicyclic) bond motifs is 1. The number of carbonyl (C=O) groups is 1. The summed E-state index contributed by atoms with van der Waals surface area (Å²) in [5.41, 5.74) is 0.840. The Labute approximate surface area is 155 Å². The van der Waals surface area contributed by atoms with Crippen molar-refractivity contribution in [3.63, 3.8) is 0 Å². The second kappa shape index (κ2) is 9.03. The van der Waals surface area contributed by atoms with E-state index >= 15 is 0 Å². The number of hydrogen-bond donors (Lipinski definition) is 1. The van der Waals surface area contributed by atoms with Gasteiger partial charge in [0.25, 0.3) is 11.1 Å². The molecule has 1 N–H and O–H groups in total. The molecule has 1 aliphatic rings. The van der Waals surface area contributed by atoms with Crippen LogP contribution in [0.5, 0.6) is 0 Å². The Kier molecular flexibility index (Phi) is 7.04. The maximum Gasteiger partial charge on any atom is 0.261 e. The zero-order valence-corrected chi connectivity index (χ0v) is 15.7. The zero-order valence-electron chi connectivity index (χ0n) is 12.5. The number of nitrogens with one attached hydrogen (secondary N) is 1. The van der Waals surface area contributed by atoms with Crippen molar-refractivity contribution >= 4 is 52.2 Å². The molecule has 1 aliphatic heterocycles. The minimum Gasteiger partial charge on any atom is -0.293 e. The van der Waals surface area contributed by atoms with Crippen molar-refractivity contribution in [2.45, 2.75) is 4.90 Å². The standard InChI is InChI=1S/C8H6OS.C4H4ClNOS.C3H3NOS/c9-7-5-10-8-4-2-1-3-6(7)8;1-6-4(7)2-3(5)8-6;5-3-1-2-6-4-3/h1-4H,5H2;2H,1H3;1-2H,(H,4,5). The predicted molar refractivity (Wildman–Crippen MR) is 101 cm³/mol. The van der Waals surface area contributed by atoms with Crippen LogP contribution in [-0.2, 0) is 7.05 Å². The van der Waals surface area contributed by atoms with Gasteiger partial charge in [-0.2, -0.15) is 0 Å². The summed E-state index contributed by atoms with van der Waals surface area (Å²) in [5.74, 6) is 0.889. The molecule has 1 aromatic carbocycles. The van der Waals surface area contributed by atoms with Gasteiger partial charge in [-0.25, -0.2) is 0 Å². The Morgan fingerprint density at radius 1 is 1.17 bits per heavy atom. The van der Waals surface area contributed by atoms with Crippen molar-refractivity contribution < 1.29 is 4.79 Å². The summed E-state index contributed by atoms with van der Waals surface area (Å²) in [6, 6.07) is 10.6. The van der Waals surface area contributed by atoms with Crippen LogP contribution < -0.4 is 11.1 Å². The van der Waals surface area contributed by atoms with Gasteiger partial charge in [0, 0.05) is 35.0 Å². The molecule has 0 saturated carbocycles. The third-order valence-electron chi connectivity index (χ3n) is 2.76. The van der Waals surface area contributed by atoms with Crippen LogP contribution in [0.1, 0.15) is 10.4 Å². The van der Waals surface area contributed by atoms with E-state index < -0.39 is 0 Å². The van der Waals surface area contributed by atoms with E-state index in [1.165, 1.54) is 39.2 Å². The Balaban J connectivity index is 0.000000135. The molecular formula is C15H13ClN2O3S3. The predicted octanol–water partition coefficient (Wildman–Crippen LogP) is 3.51. The first-order chi connectivity index (χ1) is 11.5. The summed E-state index contributed by atoms with van der Waals surface area (Å²) in [5, 5.41) is 1.71. The van der Waals surface area contributed by atoms with Gasteiger partial charge in [0.05, 0.1) is 5.75 Å². The van der Waals surface area contributed by atoms with Gasteiger partial charge >= 0.3 is 0 Å². The number of H-pyrrole nitrogens is 1. The summed E-state index contributed by atoms with van der Waals surface area (Å²) < 4.78 is 4.50. The van der Waals surface area contributed by atoms with Gasteiger partial charge in [0.2, 0.25) is 0 Å². The van der Waals surface area contributed by atoms with Crippen LogP contribution in [-0.4, -0.2) is 19.9 Å². The molecule has 0 amide bonds. The van der Waals surface area contributed by atoms with Crippen LogP contribution in [0, 0.1) is 0 Å². The van der Waals surface area contributed by atoms with Crippen LogP contribution in [0.2, 0.25) is 4.34 Å². The normalized spacial score (nSPS) is 11.8. The fraction of sp³-hybridized carbons (Fsp3) is 0.133. The van der Waals surface area contributed by atoms with Crippen molar-refractivity contribution in [1.29, 1.82) is 0 Å². The van der Waals surface area contributed by atoms with E-state index in [-0.39, 0.29) is 16.9 Å². The summed E-state index contributed by atoms with van der Waals surface area (Å²) in [6.45, 7) is 0. The van der Waals surface area contributed by atoms with E-state index in [1.54, 1.807) is 24.2 Å². The maximum atomic E-state index is 11.0. The molecule has 3 heterocycles. The Bertz CT molecular complexity index is 909. The lowest BCUT2D eigenvalue weighted by atomic mass is 10.2. The number of ketones is 1. The van der Waals surface area contributed by atoms with Crippen LogP contribution in [0.4, 0.5) is 0 Å². The SMILES string of the molecule is Cn1sc(Cl)cc1=O.O=C1CSc2ccccc21.O=c1ccs[nH]1. The number of benzene rings is 1. The number of halogens is 1. The summed E-state index contributed by atoms with van der Waals surface area (Å²) in [6.07, 6.45) is 0. The number of aromatic amines is 1. The van der Waals surface area contributed by atoms with Crippen LogP contribution in [0.15, 0.2) is 56.3 Å². The van der Waals surface area contributed by atoms with Gasteiger partial charge in [-0.3, -0.25) is 22.7 Å². The topological polar surface area (TPSA) is 71.9 Å². The highest BCUT2D eigenvalue weighted by atomic mass is 35.5. The molecule has 0 bridgehead atoms. The Morgan fingerprint density at radius 2 is 1.92 bits per heavy atom. The molecule has 0 saturated heterocycles. The lowest BCUT2D eigenvalue weighted by Crippen LogP contribution is -2.05. The van der Waals surface area contributed by atoms with Gasteiger partial charge in [-0.05, 0) is 17.6 Å².